The van der Waals surface area contributed by atoms with Crippen LogP contribution >= 0.6 is 12.2 Å². The number of aryl methyl sites for hydroxylation is 1. The van der Waals surface area contributed by atoms with E-state index in [9.17, 15) is 9.59 Å². The summed E-state index contributed by atoms with van der Waals surface area (Å²) in [7, 11) is 2.96. The maximum absolute atomic E-state index is 12.7. The first kappa shape index (κ1) is 30.7. The highest BCUT2D eigenvalue weighted by Crippen LogP contribution is 2.45. The summed E-state index contributed by atoms with van der Waals surface area (Å²) in [5.74, 6) is 0.0400. The Bertz CT molecular complexity index is 1710. The number of pyridine rings is 1. The largest absolute Gasteiger partial charge is 0.494 e. The Morgan fingerprint density at radius 1 is 0.977 bits per heavy atom. The van der Waals surface area contributed by atoms with Crippen LogP contribution in [0.3, 0.4) is 0 Å². The van der Waals surface area contributed by atoms with Crippen molar-refractivity contribution in [3.05, 3.63) is 101 Å². The van der Waals surface area contributed by atoms with E-state index in [1.807, 2.05) is 69.3 Å². The van der Waals surface area contributed by atoms with E-state index in [1.54, 1.807) is 25.4 Å². The van der Waals surface area contributed by atoms with E-state index in [4.69, 9.17) is 21.7 Å². The second kappa shape index (κ2) is 12.1. The van der Waals surface area contributed by atoms with Gasteiger partial charge in [-0.3, -0.25) is 9.78 Å². The minimum absolute atomic E-state index is 0.109. The third-order valence-electron chi connectivity index (χ3n) is 7.83. The lowest BCUT2D eigenvalue weighted by atomic mass is 9.95. The van der Waals surface area contributed by atoms with E-state index in [0.29, 0.717) is 22.1 Å². The van der Waals surface area contributed by atoms with E-state index < -0.39 is 5.41 Å². The monoisotopic (exact) mass is 611 g/mol. The third kappa shape index (κ3) is 5.77. The number of benzene rings is 2. The van der Waals surface area contributed by atoms with Gasteiger partial charge in [0.25, 0.3) is 0 Å². The normalized spacial score (nSPS) is 16.4. The van der Waals surface area contributed by atoms with Crippen LogP contribution in [-0.4, -0.2) is 40.8 Å². The molecule has 0 bridgehead atoms. The lowest BCUT2D eigenvalue weighted by Crippen LogP contribution is -2.30. The summed E-state index contributed by atoms with van der Waals surface area (Å²) in [5.41, 5.74) is 6.21. The fourth-order valence-corrected chi connectivity index (χ4v) is 5.89. The van der Waals surface area contributed by atoms with Crippen molar-refractivity contribution in [2.75, 3.05) is 24.4 Å². The predicted octanol–water partition coefficient (Wildman–Crippen LogP) is 6.45. The Kier molecular flexibility index (Phi) is 8.47. The van der Waals surface area contributed by atoms with Gasteiger partial charge in [-0.15, -0.1) is 0 Å². The van der Waals surface area contributed by atoms with Crippen molar-refractivity contribution in [3.63, 3.8) is 0 Å². The molecule has 0 aliphatic carbocycles. The number of nitrogens with one attached hydrogen (secondary N) is 2. The Labute approximate surface area is 263 Å². The average molecular weight is 612 g/mol. The van der Waals surface area contributed by atoms with E-state index >= 15 is 0 Å². The van der Waals surface area contributed by atoms with Gasteiger partial charge in [-0.1, -0.05) is 26.8 Å². The molecule has 9 nitrogen and oxygen atoms in total. The van der Waals surface area contributed by atoms with E-state index in [2.05, 4.69) is 45.0 Å². The van der Waals surface area contributed by atoms with Crippen LogP contribution in [0.1, 0.15) is 65.9 Å². The molecule has 0 radical (unpaired) electrons. The molecular formula is C34H37N5O4S. The Balaban J connectivity index is 1.60. The van der Waals surface area contributed by atoms with Gasteiger partial charge in [0.15, 0.2) is 5.11 Å². The average Bonchev–Trinajstić information content (AvgIpc) is 3.51. The molecule has 2 unspecified atom stereocenters. The molecular weight excluding hydrogens is 574 g/mol. The highest BCUT2D eigenvalue weighted by molar-refractivity contribution is 7.80. The zero-order chi connectivity index (χ0) is 31.8. The van der Waals surface area contributed by atoms with Gasteiger partial charge >= 0.3 is 5.97 Å². The topological polar surface area (TPSA) is 97.7 Å². The van der Waals surface area contributed by atoms with Crippen molar-refractivity contribution >= 4 is 40.6 Å². The minimum Gasteiger partial charge on any atom is -0.494 e. The molecule has 4 aromatic rings. The molecule has 2 atom stereocenters. The van der Waals surface area contributed by atoms with Gasteiger partial charge in [0.05, 0.1) is 43.2 Å². The molecule has 10 heteroatoms. The number of thiocarbonyl (C=S) groups is 1. The number of aromatic nitrogens is 2. The van der Waals surface area contributed by atoms with Crippen LogP contribution in [0, 0.1) is 19.3 Å². The van der Waals surface area contributed by atoms with E-state index in [1.165, 1.54) is 7.11 Å². The number of hydrogen-bond donors (Lipinski definition) is 2. The molecule has 1 aliphatic rings. The van der Waals surface area contributed by atoms with Crippen LogP contribution in [-0.2, 0) is 9.53 Å². The van der Waals surface area contributed by atoms with Gasteiger partial charge in [0.1, 0.15) is 5.75 Å². The molecule has 5 rings (SSSR count). The number of nitrogens with zero attached hydrogens (tertiary/aromatic N) is 3. The third-order valence-corrected chi connectivity index (χ3v) is 8.14. The second-order valence-corrected chi connectivity index (χ2v) is 12.2. The number of carbonyl (C=O) groups is 2. The van der Waals surface area contributed by atoms with Crippen molar-refractivity contribution in [1.82, 2.24) is 14.9 Å². The predicted molar refractivity (Wildman–Crippen MR) is 176 cm³/mol. The molecule has 228 valence electrons. The molecule has 0 saturated carbocycles. The molecule has 44 heavy (non-hydrogen) atoms. The van der Waals surface area contributed by atoms with Crippen molar-refractivity contribution in [3.8, 4) is 11.4 Å². The fraction of sp³-hybridized carbons (Fsp3) is 0.294. The lowest BCUT2D eigenvalue weighted by molar-refractivity contribution is -0.123. The number of carbonyl (C=O) groups excluding carboxylic acids is 2. The molecule has 2 N–H and O–H groups in total. The maximum Gasteiger partial charge on any atom is 0.337 e. The maximum atomic E-state index is 12.7. The summed E-state index contributed by atoms with van der Waals surface area (Å²) >= 11 is 5.96. The standard InChI is InChI=1S/C34H37N5O4S/c1-20-18-25(21(2)38(20)23-13-11-22(12-14-23)31(40)43-7)30-29(27-10-8-9-17-35-27)37-33(44)39(30)24-15-16-26(28(19-24)42-6)36-32(41)34(3,4)5/h8-19,29-30H,1-7H3,(H,36,41)(H,37,44). The first-order valence-corrected chi connectivity index (χ1v) is 14.7. The molecule has 1 aliphatic heterocycles. The van der Waals surface area contributed by atoms with Gasteiger partial charge < -0.3 is 29.6 Å². The highest BCUT2D eigenvalue weighted by Gasteiger charge is 2.42. The first-order chi connectivity index (χ1) is 20.9. The Morgan fingerprint density at radius 3 is 2.30 bits per heavy atom. The molecule has 2 aromatic heterocycles. The molecule has 3 heterocycles. The summed E-state index contributed by atoms with van der Waals surface area (Å²) in [4.78, 5) is 31.5. The van der Waals surface area contributed by atoms with Gasteiger partial charge in [-0.25, -0.2) is 4.79 Å². The van der Waals surface area contributed by atoms with Crippen LogP contribution in [0.5, 0.6) is 5.75 Å². The van der Waals surface area contributed by atoms with E-state index in [-0.39, 0.29) is 24.0 Å². The SMILES string of the molecule is COC(=O)c1ccc(-n2c(C)cc(C3C(c4ccccn4)NC(=S)N3c3ccc(NC(=O)C(C)(C)C)c(OC)c3)c2C)cc1. The van der Waals surface area contributed by atoms with Gasteiger partial charge in [0, 0.05) is 40.4 Å². The number of anilines is 2. The van der Waals surface area contributed by atoms with Crippen LogP contribution < -0.4 is 20.3 Å². The Morgan fingerprint density at radius 2 is 1.68 bits per heavy atom. The summed E-state index contributed by atoms with van der Waals surface area (Å²) in [6.45, 7) is 9.73. The molecule has 1 saturated heterocycles. The summed E-state index contributed by atoms with van der Waals surface area (Å²) < 4.78 is 12.8. The van der Waals surface area contributed by atoms with Crippen molar-refractivity contribution in [2.24, 2.45) is 5.41 Å². The number of ether oxygens (including phenoxy) is 2. The van der Waals surface area contributed by atoms with Crippen LogP contribution in [0.4, 0.5) is 11.4 Å². The van der Waals surface area contributed by atoms with Crippen LogP contribution in [0.25, 0.3) is 5.69 Å². The number of methoxy groups -OCH3 is 2. The first-order valence-electron chi connectivity index (χ1n) is 14.3. The zero-order valence-corrected chi connectivity index (χ0v) is 26.8. The van der Waals surface area contributed by atoms with Crippen LogP contribution in [0.15, 0.2) is 72.9 Å². The lowest BCUT2D eigenvalue weighted by Gasteiger charge is -2.29. The van der Waals surface area contributed by atoms with Gasteiger partial charge in [0.2, 0.25) is 5.91 Å². The summed E-state index contributed by atoms with van der Waals surface area (Å²) in [6, 6.07) is 20.6. The molecule has 2 aromatic carbocycles. The van der Waals surface area contributed by atoms with Crippen LogP contribution in [0.2, 0.25) is 0 Å². The number of hydrogen-bond acceptors (Lipinski definition) is 6. The summed E-state index contributed by atoms with van der Waals surface area (Å²) in [6.07, 6.45) is 1.78. The van der Waals surface area contributed by atoms with Gasteiger partial charge in [-0.05, 0) is 86.2 Å². The second-order valence-electron chi connectivity index (χ2n) is 11.8. The highest BCUT2D eigenvalue weighted by atomic mass is 32.1. The number of esters is 1. The molecule has 1 fully saturated rings. The number of rotatable bonds is 7. The van der Waals surface area contributed by atoms with Crippen molar-refractivity contribution < 1.29 is 19.1 Å². The quantitative estimate of drug-likeness (QED) is 0.182. The summed E-state index contributed by atoms with van der Waals surface area (Å²) in [5, 5.41) is 7.05. The smallest absolute Gasteiger partial charge is 0.337 e. The van der Waals surface area contributed by atoms with Crippen molar-refractivity contribution in [1.29, 1.82) is 0 Å². The van der Waals surface area contributed by atoms with E-state index in [0.717, 1.165) is 34.0 Å². The van der Waals surface area contributed by atoms with Gasteiger partial charge in [-0.2, -0.15) is 0 Å². The Hall–Kier alpha value is -4.70. The minimum atomic E-state index is -0.562. The van der Waals surface area contributed by atoms with Crippen molar-refractivity contribution in [2.45, 2.75) is 46.7 Å². The number of amides is 1. The zero-order valence-electron chi connectivity index (χ0n) is 26.0. The fourth-order valence-electron chi connectivity index (χ4n) is 5.54. The molecule has 0 spiro atoms. The molecule has 1 amide bonds.